The lowest BCUT2D eigenvalue weighted by atomic mass is 10.1. The molecule has 1 atom stereocenters. The zero-order valence-corrected chi connectivity index (χ0v) is 18.5. The van der Waals surface area contributed by atoms with E-state index in [1.54, 1.807) is 11.0 Å². The summed E-state index contributed by atoms with van der Waals surface area (Å²) in [7, 11) is 0. The van der Waals surface area contributed by atoms with Crippen LogP contribution in [0.4, 0.5) is 5.69 Å². The van der Waals surface area contributed by atoms with Crippen LogP contribution >= 0.6 is 23.4 Å². The van der Waals surface area contributed by atoms with Crippen molar-refractivity contribution in [1.82, 2.24) is 5.32 Å². The van der Waals surface area contributed by atoms with Gasteiger partial charge in [-0.1, -0.05) is 84.0 Å². The molecule has 1 aliphatic rings. The number of fused-ring (bicyclic) bond motifs is 1. The molecule has 0 fully saturated rings. The third-order valence-electron chi connectivity index (χ3n) is 5.04. The predicted octanol–water partition coefficient (Wildman–Crippen LogP) is 5.74. The molecule has 1 aliphatic heterocycles. The molecule has 0 aliphatic carbocycles. The van der Waals surface area contributed by atoms with Crippen LogP contribution in [0.3, 0.4) is 0 Å². The highest BCUT2D eigenvalue weighted by Gasteiger charge is 2.30. The second-order valence-electron chi connectivity index (χ2n) is 7.20. The molecule has 4 rings (SSSR count). The molecule has 1 N–H and O–H groups in total. The van der Waals surface area contributed by atoms with E-state index in [1.165, 1.54) is 17.8 Å². The van der Waals surface area contributed by atoms with Crippen LogP contribution in [0.5, 0.6) is 0 Å². The van der Waals surface area contributed by atoms with Crippen molar-refractivity contribution in [2.75, 3.05) is 4.90 Å². The summed E-state index contributed by atoms with van der Waals surface area (Å²) in [5, 5.41) is 3.54. The molecule has 0 saturated heterocycles. The minimum atomic E-state index is -0.302. The largest absolute Gasteiger partial charge is 0.346 e. The lowest BCUT2D eigenvalue weighted by Gasteiger charge is -2.30. The Bertz CT molecular complexity index is 1150. The summed E-state index contributed by atoms with van der Waals surface area (Å²) >= 11 is 7.64. The molecular weight excluding hydrogens is 428 g/mol. The maximum atomic E-state index is 13.3. The van der Waals surface area contributed by atoms with Crippen LogP contribution in [0.15, 0.2) is 94.7 Å². The van der Waals surface area contributed by atoms with Crippen molar-refractivity contribution in [3.63, 3.8) is 0 Å². The number of hydrogen-bond donors (Lipinski definition) is 1. The number of carbonyl (C=O) groups is 2. The number of amides is 2. The quantitative estimate of drug-likeness (QED) is 0.506. The van der Waals surface area contributed by atoms with Crippen LogP contribution in [0.2, 0.25) is 5.02 Å². The summed E-state index contributed by atoms with van der Waals surface area (Å²) in [5.41, 5.74) is 2.66. The van der Waals surface area contributed by atoms with Crippen molar-refractivity contribution in [3.8, 4) is 0 Å². The van der Waals surface area contributed by atoms with E-state index in [1.807, 2.05) is 79.7 Å². The van der Waals surface area contributed by atoms with E-state index in [2.05, 4.69) is 5.32 Å². The Labute approximate surface area is 190 Å². The van der Waals surface area contributed by atoms with Gasteiger partial charge in [-0.2, -0.15) is 0 Å². The first kappa shape index (κ1) is 21.2. The third-order valence-corrected chi connectivity index (χ3v) is 6.48. The number of thioether (sulfide) groups is 1. The van der Waals surface area contributed by atoms with Gasteiger partial charge in [0.15, 0.2) is 0 Å². The van der Waals surface area contributed by atoms with Crippen molar-refractivity contribution in [3.05, 3.63) is 106 Å². The highest BCUT2D eigenvalue weighted by atomic mass is 35.5. The molecule has 31 heavy (non-hydrogen) atoms. The number of nitrogens with one attached hydrogen (secondary N) is 1. The van der Waals surface area contributed by atoms with Gasteiger partial charge in [-0.15, -0.1) is 0 Å². The summed E-state index contributed by atoms with van der Waals surface area (Å²) < 4.78 is 0. The van der Waals surface area contributed by atoms with Gasteiger partial charge in [0.05, 0.1) is 23.2 Å². The Balaban J connectivity index is 1.59. The topological polar surface area (TPSA) is 49.4 Å². The fourth-order valence-corrected chi connectivity index (χ4v) is 4.64. The zero-order chi connectivity index (χ0) is 21.8. The maximum absolute atomic E-state index is 13.3. The SMILES string of the molecule is C[C@H](NC(=O)/C=C1/Sc2ccccc2N(Cc2ccccc2Cl)C1=O)c1ccccc1. The van der Waals surface area contributed by atoms with E-state index in [9.17, 15) is 9.59 Å². The summed E-state index contributed by atoms with van der Waals surface area (Å²) in [4.78, 5) is 29.0. The smallest absolute Gasteiger partial charge is 0.265 e. The van der Waals surface area contributed by atoms with Crippen LogP contribution in [-0.2, 0) is 16.1 Å². The van der Waals surface area contributed by atoms with Gasteiger partial charge >= 0.3 is 0 Å². The van der Waals surface area contributed by atoms with E-state index in [0.29, 0.717) is 16.5 Å². The maximum Gasteiger partial charge on any atom is 0.265 e. The first-order valence-corrected chi connectivity index (χ1v) is 11.1. The highest BCUT2D eigenvalue weighted by Crippen LogP contribution is 2.42. The van der Waals surface area contributed by atoms with Crippen molar-refractivity contribution < 1.29 is 9.59 Å². The number of para-hydroxylation sites is 1. The fourth-order valence-electron chi connectivity index (χ4n) is 3.42. The molecule has 0 unspecified atom stereocenters. The highest BCUT2D eigenvalue weighted by molar-refractivity contribution is 8.04. The number of rotatable bonds is 5. The Morgan fingerprint density at radius 2 is 1.71 bits per heavy atom. The van der Waals surface area contributed by atoms with E-state index < -0.39 is 0 Å². The number of hydrogen-bond acceptors (Lipinski definition) is 3. The molecule has 156 valence electrons. The normalized spacial score (nSPS) is 15.5. The summed E-state index contributed by atoms with van der Waals surface area (Å²) in [6, 6.07) is 24.7. The Morgan fingerprint density at radius 1 is 1.03 bits per heavy atom. The van der Waals surface area contributed by atoms with Gasteiger partial charge in [-0.25, -0.2) is 0 Å². The van der Waals surface area contributed by atoms with Crippen LogP contribution in [-0.4, -0.2) is 11.8 Å². The fraction of sp³-hybridized carbons (Fsp3) is 0.120. The Kier molecular flexibility index (Phi) is 6.44. The second kappa shape index (κ2) is 9.41. The van der Waals surface area contributed by atoms with E-state index in [-0.39, 0.29) is 17.9 Å². The molecule has 0 bridgehead atoms. The van der Waals surface area contributed by atoms with Gasteiger partial charge in [-0.05, 0) is 36.2 Å². The number of nitrogens with zero attached hydrogens (tertiary/aromatic N) is 1. The molecule has 0 radical (unpaired) electrons. The molecule has 6 heteroatoms. The lowest BCUT2D eigenvalue weighted by Crippen LogP contribution is -2.35. The monoisotopic (exact) mass is 448 g/mol. The number of anilines is 1. The van der Waals surface area contributed by atoms with Crippen LogP contribution < -0.4 is 10.2 Å². The predicted molar refractivity (Wildman–Crippen MR) is 126 cm³/mol. The van der Waals surface area contributed by atoms with Crippen molar-refractivity contribution >= 4 is 40.9 Å². The molecule has 0 spiro atoms. The molecule has 4 nitrogen and oxygen atoms in total. The van der Waals surface area contributed by atoms with Gasteiger partial charge in [0.1, 0.15) is 0 Å². The van der Waals surface area contributed by atoms with Crippen molar-refractivity contribution in [2.24, 2.45) is 0 Å². The zero-order valence-electron chi connectivity index (χ0n) is 16.9. The van der Waals surface area contributed by atoms with Gasteiger partial charge in [-0.3, -0.25) is 9.59 Å². The van der Waals surface area contributed by atoms with Crippen molar-refractivity contribution in [1.29, 1.82) is 0 Å². The number of halogens is 1. The summed E-state index contributed by atoms with van der Waals surface area (Å²) in [6.07, 6.45) is 1.39. The average molecular weight is 449 g/mol. The number of carbonyl (C=O) groups excluding carboxylic acids is 2. The lowest BCUT2D eigenvalue weighted by molar-refractivity contribution is -0.118. The summed E-state index contributed by atoms with van der Waals surface area (Å²) in [5.74, 6) is -0.518. The van der Waals surface area contributed by atoms with E-state index in [4.69, 9.17) is 11.6 Å². The van der Waals surface area contributed by atoms with E-state index in [0.717, 1.165) is 21.7 Å². The molecule has 1 heterocycles. The standard InChI is InChI=1S/C25H21ClN2O2S/c1-17(18-9-3-2-4-10-18)27-24(29)15-23-25(30)28(16-19-11-5-6-12-20(19)26)21-13-7-8-14-22(21)31-23/h2-15,17H,16H2,1H3,(H,27,29)/b23-15+/t17-/m0/s1. The molecule has 3 aromatic rings. The van der Waals surface area contributed by atoms with Gasteiger partial charge in [0.25, 0.3) is 5.91 Å². The molecule has 2 amide bonds. The van der Waals surface area contributed by atoms with Gasteiger partial charge in [0.2, 0.25) is 5.91 Å². The van der Waals surface area contributed by atoms with Crippen molar-refractivity contribution in [2.45, 2.75) is 24.4 Å². The Morgan fingerprint density at radius 3 is 2.48 bits per heavy atom. The van der Waals surface area contributed by atoms with Crippen LogP contribution in [0, 0.1) is 0 Å². The molecule has 3 aromatic carbocycles. The van der Waals surface area contributed by atoms with Crippen LogP contribution in [0.25, 0.3) is 0 Å². The Hall–Kier alpha value is -3.02. The van der Waals surface area contributed by atoms with Gasteiger partial charge < -0.3 is 10.2 Å². The molecule has 0 aromatic heterocycles. The van der Waals surface area contributed by atoms with Gasteiger partial charge in [0, 0.05) is 16.0 Å². The van der Waals surface area contributed by atoms with Crippen LogP contribution in [0.1, 0.15) is 24.1 Å². The third kappa shape index (κ3) is 4.84. The average Bonchev–Trinajstić information content (AvgIpc) is 2.78. The minimum Gasteiger partial charge on any atom is -0.346 e. The number of benzene rings is 3. The molecule has 0 saturated carbocycles. The summed E-state index contributed by atoms with van der Waals surface area (Å²) in [6.45, 7) is 2.25. The minimum absolute atomic E-state index is 0.166. The molecular formula is C25H21ClN2O2S. The first-order valence-electron chi connectivity index (χ1n) is 9.92. The second-order valence-corrected chi connectivity index (χ2v) is 8.69. The first-order chi connectivity index (χ1) is 15.0. The van der Waals surface area contributed by atoms with E-state index >= 15 is 0 Å².